The van der Waals surface area contributed by atoms with Crippen molar-refractivity contribution in [1.82, 2.24) is 15.0 Å². The Labute approximate surface area is 80.0 Å². The predicted octanol–water partition coefficient (Wildman–Crippen LogP) is -2.45. The third-order valence-electron chi connectivity index (χ3n) is 0.681. The molecule has 0 radical (unpaired) electrons. The summed E-state index contributed by atoms with van der Waals surface area (Å²) in [7, 11) is 0. The molecule has 0 saturated heterocycles. The molecule has 10 heteroatoms. The summed E-state index contributed by atoms with van der Waals surface area (Å²) in [6.45, 7) is 0. The highest BCUT2D eigenvalue weighted by Crippen LogP contribution is 1.29. The number of hydrogen-bond acceptors (Lipinski definition) is 7. The summed E-state index contributed by atoms with van der Waals surface area (Å²) in [6, 6.07) is 0. The fourth-order valence-corrected chi connectivity index (χ4v) is 0.403. The van der Waals surface area contributed by atoms with Gasteiger partial charge in [0, 0.05) is 0 Å². The maximum atomic E-state index is 10.2. The molecule has 15 heavy (non-hydrogen) atoms. The second-order valence-electron chi connectivity index (χ2n) is 1.57. The quantitative estimate of drug-likeness (QED) is 0.237. The molecule has 0 amide bonds. The van der Waals surface area contributed by atoms with E-state index >= 15 is 0 Å². The summed E-state index contributed by atoms with van der Waals surface area (Å²) in [5.41, 5.74) is -2.41. The van der Waals surface area contributed by atoms with Gasteiger partial charge < -0.3 is 0 Å². The van der Waals surface area contributed by atoms with Crippen molar-refractivity contribution in [2.45, 2.75) is 0 Å². The number of isocyanates is 2. The van der Waals surface area contributed by atoms with Gasteiger partial charge in [0.15, 0.2) is 0 Å². The molecule has 0 unspecified atom stereocenters. The van der Waals surface area contributed by atoms with Crippen LogP contribution in [0.5, 0.6) is 0 Å². The minimum atomic E-state index is -0.802. The van der Waals surface area contributed by atoms with E-state index in [4.69, 9.17) is 20.4 Å². The van der Waals surface area contributed by atoms with Crippen LogP contribution >= 0.6 is 0 Å². The Hall–Kier alpha value is -2.83. The first-order chi connectivity index (χ1) is 7.01. The molecule has 80 valence electrons. The fourth-order valence-electron chi connectivity index (χ4n) is 0.403. The van der Waals surface area contributed by atoms with Gasteiger partial charge in [-0.1, -0.05) is 0 Å². The molecule has 1 aromatic heterocycles. The van der Waals surface area contributed by atoms with Gasteiger partial charge >= 0.3 is 17.1 Å². The van der Waals surface area contributed by atoms with E-state index in [-0.39, 0.29) is 0 Å². The van der Waals surface area contributed by atoms with Gasteiger partial charge in [0.25, 0.3) is 0 Å². The van der Waals surface area contributed by atoms with E-state index in [1.165, 1.54) is 0 Å². The van der Waals surface area contributed by atoms with E-state index in [1.807, 2.05) is 0 Å². The van der Waals surface area contributed by atoms with Crippen molar-refractivity contribution in [3.8, 4) is 0 Å². The number of aromatic amines is 3. The SMILES string of the molecule is N=C=O.N=C=O.O=c1[nH]c(=O)[nH]c(=O)[nH]1. The Bertz CT molecular complexity index is 419. The maximum absolute atomic E-state index is 10.2. The van der Waals surface area contributed by atoms with Crippen LogP contribution in [0.3, 0.4) is 0 Å². The van der Waals surface area contributed by atoms with Crippen molar-refractivity contribution in [3.63, 3.8) is 0 Å². The predicted molar refractivity (Wildman–Crippen MR) is 45.1 cm³/mol. The van der Waals surface area contributed by atoms with E-state index in [9.17, 15) is 14.4 Å². The number of aromatic nitrogens is 3. The minimum absolute atomic E-state index is 0.750. The summed E-state index contributed by atoms with van der Waals surface area (Å²) >= 11 is 0. The largest absolute Gasteiger partial charge is 0.330 e. The number of hydrogen-bond donors (Lipinski definition) is 5. The lowest BCUT2D eigenvalue weighted by Gasteiger charge is -1.77. The van der Waals surface area contributed by atoms with Crippen LogP contribution < -0.4 is 17.1 Å². The summed E-state index contributed by atoms with van der Waals surface area (Å²) in [5.74, 6) is 0. The zero-order valence-electron chi connectivity index (χ0n) is 7.04. The molecule has 1 rings (SSSR count). The number of carbonyl (C=O) groups excluding carboxylic acids is 2. The molecule has 0 aliphatic rings. The number of H-pyrrole nitrogens is 3. The number of nitrogens with one attached hydrogen (secondary N) is 5. The molecular formula is C5H5N5O5. The first-order valence-electron chi connectivity index (χ1n) is 3.02. The summed E-state index contributed by atoms with van der Waals surface area (Å²) in [5, 5.41) is 10.8. The Morgan fingerprint density at radius 3 is 1.00 bits per heavy atom. The minimum Gasteiger partial charge on any atom is -0.259 e. The van der Waals surface area contributed by atoms with Crippen LogP contribution in [0, 0.1) is 10.8 Å². The van der Waals surface area contributed by atoms with Gasteiger partial charge in [-0.25, -0.2) is 34.8 Å². The van der Waals surface area contributed by atoms with Crippen molar-refractivity contribution in [2.75, 3.05) is 0 Å². The molecule has 0 atom stereocenters. The van der Waals surface area contributed by atoms with Crippen LogP contribution in [-0.2, 0) is 9.59 Å². The van der Waals surface area contributed by atoms with Crippen molar-refractivity contribution >= 4 is 12.2 Å². The molecular weight excluding hydrogens is 210 g/mol. The first-order valence-corrected chi connectivity index (χ1v) is 3.02. The van der Waals surface area contributed by atoms with Crippen LogP contribution in [-0.4, -0.2) is 27.1 Å². The van der Waals surface area contributed by atoms with Gasteiger partial charge in [-0.3, -0.25) is 15.0 Å². The molecule has 0 aliphatic carbocycles. The summed E-state index contributed by atoms with van der Waals surface area (Å²) in [4.78, 5) is 52.6. The fraction of sp³-hybridized carbons (Fsp3) is 0. The third-order valence-corrected chi connectivity index (χ3v) is 0.681. The highest BCUT2D eigenvalue weighted by Gasteiger charge is 1.84. The van der Waals surface area contributed by atoms with Crippen molar-refractivity contribution < 1.29 is 9.59 Å². The average Bonchev–Trinajstić information content (AvgIpc) is 2.03. The second kappa shape index (κ2) is 9.26. The Kier molecular flexibility index (Phi) is 9.06. The molecule has 10 nitrogen and oxygen atoms in total. The standard InChI is InChI=1S/C3H3N3O3.2CHNO/c7-1-4-2(8)6-3(9)5-1;2*2-1-3/h(H3,4,5,6,7,8,9);2*2H. The zero-order valence-corrected chi connectivity index (χ0v) is 7.04. The van der Waals surface area contributed by atoms with Gasteiger partial charge in [0.1, 0.15) is 0 Å². The zero-order chi connectivity index (χ0) is 12.3. The molecule has 0 saturated carbocycles. The maximum Gasteiger partial charge on any atom is 0.330 e. The summed E-state index contributed by atoms with van der Waals surface area (Å²) < 4.78 is 0. The lowest BCUT2D eigenvalue weighted by atomic mass is 11.0. The third kappa shape index (κ3) is 11.2. The molecule has 0 aromatic carbocycles. The van der Waals surface area contributed by atoms with Crippen LogP contribution in [0.15, 0.2) is 14.4 Å². The van der Waals surface area contributed by atoms with E-state index in [1.54, 1.807) is 15.0 Å². The Morgan fingerprint density at radius 1 is 0.733 bits per heavy atom. The van der Waals surface area contributed by atoms with Gasteiger partial charge in [-0.15, -0.1) is 0 Å². The molecule has 5 N–H and O–H groups in total. The van der Waals surface area contributed by atoms with Crippen LogP contribution in [0.25, 0.3) is 0 Å². The topological polar surface area (TPSA) is 180 Å². The normalized spacial score (nSPS) is 6.67. The van der Waals surface area contributed by atoms with Crippen molar-refractivity contribution in [1.29, 1.82) is 10.8 Å². The Balaban J connectivity index is 0. The smallest absolute Gasteiger partial charge is 0.259 e. The second-order valence-corrected chi connectivity index (χ2v) is 1.57. The summed E-state index contributed by atoms with van der Waals surface area (Å²) in [6.07, 6.45) is 1.50. The highest BCUT2D eigenvalue weighted by molar-refractivity contribution is 5.26. The molecule has 0 fully saturated rings. The van der Waals surface area contributed by atoms with Gasteiger partial charge in [-0.05, 0) is 0 Å². The van der Waals surface area contributed by atoms with E-state index in [0.29, 0.717) is 0 Å². The van der Waals surface area contributed by atoms with Crippen LogP contribution in [0.2, 0.25) is 0 Å². The van der Waals surface area contributed by atoms with Gasteiger partial charge in [0.2, 0.25) is 12.2 Å². The lowest BCUT2D eigenvalue weighted by Crippen LogP contribution is -2.34. The average molecular weight is 215 g/mol. The molecule has 0 bridgehead atoms. The van der Waals surface area contributed by atoms with Crippen LogP contribution in [0.4, 0.5) is 0 Å². The van der Waals surface area contributed by atoms with E-state index < -0.39 is 17.1 Å². The number of rotatable bonds is 0. The highest BCUT2D eigenvalue weighted by atomic mass is 16.2. The Morgan fingerprint density at radius 2 is 0.867 bits per heavy atom. The molecule has 1 aromatic rings. The van der Waals surface area contributed by atoms with Gasteiger partial charge in [0.05, 0.1) is 0 Å². The monoisotopic (exact) mass is 215 g/mol. The van der Waals surface area contributed by atoms with Crippen LogP contribution in [0.1, 0.15) is 0 Å². The van der Waals surface area contributed by atoms with Crippen molar-refractivity contribution in [2.24, 2.45) is 0 Å². The lowest BCUT2D eigenvalue weighted by molar-refractivity contribution is 0.562. The van der Waals surface area contributed by atoms with Gasteiger partial charge in [-0.2, -0.15) is 0 Å². The molecule has 0 spiro atoms. The van der Waals surface area contributed by atoms with Crippen molar-refractivity contribution in [3.05, 3.63) is 31.5 Å². The molecule has 0 aliphatic heterocycles. The van der Waals surface area contributed by atoms with E-state index in [2.05, 4.69) is 0 Å². The van der Waals surface area contributed by atoms with E-state index in [0.717, 1.165) is 12.2 Å². The molecule has 1 heterocycles. The first kappa shape index (κ1) is 14.7.